The third-order valence-corrected chi connectivity index (χ3v) is 2.97. The molecule has 0 bridgehead atoms. The number of rotatable bonds is 5. The van der Waals surface area contributed by atoms with Crippen LogP contribution in [0.25, 0.3) is 0 Å². The third-order valence-electron chi connectivity index (χ3n) is 2.97. The molecule has 1 radical (unpaired) electrons. The van der Waals surface area contributed by atoms with E-state index in [0.29, 0.717) is 12.1 Å². The molecule has 5 heteroatoms. The van der Waals surface area contributed by atoms with Gasteiger partial charge in [0.2, 0.25) is 0 Å². The monoisotopic (exact) mass is 196 g/mol. The minimum absolute atomic E-state index is 0.142. The molecular weight excluding hydrogens is 181 g/mol. The van der Waals surface area contributed by atoms with Crippen molar-refractivity contribution in [2.45, 2.75) is 32.2 Å². The van der Waals surface area contributed by atoms with Crippen LogP contribution in [0.4, 0.5) is 0 Å². The summed E-state index contributed by atoms with van der Waals surface area (Å²) in [6.45, 7) is 2.07. The van der Waals surface area contributed by atoms with Gasteiger partial charge in [-0.3, -0.25) is 4.79 Å². The predicted octanol–water partition coefficient (Wildman–Crippen LogP) is 0.275. The molecule has 1 aliphatic carbocycles. The van der Waals surface area contributed by atoms with Gasteiger partial charge < -0.3 is 15.1 Å². The van der Waals surface area contributed by atoms with E-state index in [1.165, 1.54) is 7.41 Å². The molecule has 4 nitrogen and oxygen atoms in total. The second-order valence-electron chi connectivity index (χ2n) is 3.86. The molecule has 1 fully saturated rings. The number of hydrogen-bond acceptors (Lipinski definition) is 3. The molecule has 0 aromatic carbocycles. The maximum Gasteiger partial charge on any atom is 0.319 e. The second-order valence-corrected chi connectivity index (χ2v) is 3.86. The summed E-state index contributed by atoms with van der Waals surface area (Å²) in [6.07, 6.45) is 3.67. The molecule has 3 atom stereocenters. The molecule has 0 aromatic heterocycles. The first-order chi connectivity index (χ1) is 6.66. The smallest absolute Gasteiger partial charge is 0.319 e. The summed E-state index contributed by atoms with van der Waals surface area (Å²) in [5, 5.41) is 11.6. The van der Waals surface area contributed by atoms with Crippen molar-refractivity contribution >= 4 is 19.6 Å². The summed E-state index contributed by atoms with van der Waals surface area (Å²) in [5.41, 5.74) is 0. The van der Waals surface area contributed by atoms with Crippen LogP contribution in [-0.4, -0.2) is 30.7 Å². The number of nitrogens with one attached hydrogen (secondary N) is 1. The third kappa shape index (κ3) is 2.58. The highest BCUT2D eigenvalue weighted by atomic mass is 16.4. The Morgan fingerprint density at radius 3 is 2.79 bits per heavy atom. The van der Waals surface area contributed by atoms with Gasteiger partial charge in [0.15, 0.2) is 0 Å². The van der Waals surface area contributed by atoms with Gasteiger partial charge in [0.1, 0.15) is 0 Å². The van der Waals surface area contributed by atoms with Crippen LogP contribution < -0.4 is 5.23 Å². The molecule has 3 unspecified atom stereocenters. The fraction of sp³-hybridized carbons (Fsp3) is 0.778. The summed E-state index contributed by atoms with van der Waals surface area (Å²) < 4.78 is 0. The van der Waals surface area contributed by atoms with Crippen LogP contribution in [0.3, 0.4) is 0 Å². The minimum atomic E-state index is -0.873. The Hall–Kier alpha value is -0.835. The van der Waals surface area contributed by atoms with Gasteiger partial charge in [-0.1, -0.05) is 19.8 Å². The Morgan fingerprint density at radius 2 is 2.36 bits per heavy atom. The van der Waals surface area contributed by atoms with Crippen LogP contribution in [0.2, 0.25) is 0 Å². The van der Waals surface area contributed by atoms with E-state index in [-0.39, 0.29) is 5.92 Å². The molecule has 0 aliphatic heterocycles. The fourth-order valence-electron chi connectivity index (χ4n) is 2.19. The Morgan fingerprint density at radius 1 is 1.64 bits per heavy atom. The van der Waals surface area contributed by atoms with Gasteiger partial charge in [0.05, 0.1) is 12.2 Å². The van der Waals surface area contributed by atoms with Crippen molar-refractivity contribution < 1.29 is 14.7 Å². The molecule has 14 heavy (non-hydrogen) atoms. The van der Waals surface area contributed by atoms with Crippen LogP contribution in [0.15, 0.2) is 0 Å². The van der Waals surface area contributed by atoms with Gasteiger partial charge in [-0.2, -0.15) is 0 Å². The Labute approximate surface area is 84.3 Å². The zero-order valence-corrected chi connectivity index (χ0v) is 8.27. The molecule has 77 valence electrons. The molecule has 2 N–H and O–H groups in total. The summed E-state index contributed by atoms with van der Waals surface area (Å²) in [5.74, 6) is -0.311. The highest BCUT2D eigenvalue weighted by Gasteiger charge is 2.34. The fourth-order valence-corrected chi connectivity index (χ4v) is 2.19. The van der Waals surface area contributed by atoms with E-state index in [1.807, 2.05) is 0 Å². The average Bonchev–Trinajstić information content (AvgIpc) is 2.52. The van der Waals surface area contributed by atoms with E-state index in [9.17, 15) is 9.59 Å². The van der Waals surface area contributed by atoms with Gasteiger partial charge in [-0.25, -0.2) is 0 Å². The molecular formula is C9H15BNO3. The highest BCUT2D eigenvalue weighted by Crippen LogP contribution is 2.33. The summed E-state index contributed by atoms with van der Waals surface area (Å²) in [7, 11) is 1.17. The van der Waals surface area contributed by atoms with Crippen molar-refractivity contribution in [3.8, 4) is 0 Å². The SMILES string of the molecule is CC1CCCC1C(N[B]C=O)C(=O)O. The minimum Gasteiger partial charge on any atom is -0.480 e. The molecule has 1 aliphatic rings. The first kappa shape index (κ1) is 11.2. The maximum atomic E-state index is 10.9. The predicted molar refractivity (Wildman–Crippen MR) is 53.6 cm³/mol. The van der Waals surface area contributed by atoms with Crippen LogP contribution in [-0.2, 0) is 9.59 Å². The Kier molecular flexibility index (Phi) is 4.13. The second kappa shape index (κ2) is 5.15. The van der Waals surface area contributed by atoms with Gasteiger partial charge in [0, 0.05) is 0 Å². The standard InChI is InChI=1S/C9H15BNO3/c1-6-3-2-4-7(6)8(9(13)14)11-10-5-12/h5-8,11H,2-4H2,1H3,(H,13,14). The van der Waals surface area contributed by atoms with Crippen molar-refractivity contribution in [2.24, 2.45) is 11.8 Å². The van der Waals surface area contributed by atoms with Gasteiger partial charge >= 0.3 is 5.97 Å². The molecule has 1 saturated carbocycles. The van der Waals surface area contributed by atoms with E-state index in [2.05, 4.69) is 12.2 Å². The largest absolute Gasteiger partial charge is 0.480 e. The first-order valence-electron chi connectivity index (χ1n) is 4.92. The topological polar surface area (TPSA) is 66.4 Å². The molecule has 0 aromatic rings. The van der Waals surface area contributed by atoms with Crippen molar-refractivity contribution in [1.82, 2.24) is 5.23 Å². The lowest BCUT2D eigenvalue weighted by Crippen LogP contribution is -2.46. The number of carboxylic acid groups (broad SMARTS) is 1. The number of carboxylic acids is 1. The van der Waals surface area contributed by atoms with E-state index < -0.39 is 12.0 Å². The Bertz CT molecular complexity index is 222. The lowest BCUT2D eigenvalue weighted by molar-refractivity contribution is -0.140. The maximum absolute atomic E-state index is 10.9. The van der Waals surface area contributed by atoms with Crippen LogP contribution in [0.1, 0.15) is 26.2 Å². The number of aliphatic carboxylic acids is 1. The highest BCUT2D eigenvalue weighted by molar-refractivity contribution is 6.64. The lowest BCUT2D eigenvalue weighted by Gasteiger charge is -2.23. The number of hydrogen-bond donors (Lipinski definition) is 2. The normalized spacial score (nSPS) is 28.4. The van der Waals surface area contributed by atoms with E-state index in [4.69, 9.17) is 5.11 Å². The molecule has 0 spiro atoms. The summed E-state index contributed by atoms with van der Waals surface area (Å²) in [4.78, 5) is 21.1. The van der Waals surface area contributed by atoms with Gasteiger partial charge in [-0.15, -0.1) is 0 Å². The molecule has 1 rings (SSSR count). The molecule has 0 amide bonds. The van der Waals surface area contributed by atoms with Crippen molar-refractivity contribution in [3.63, 3.8) is 0 Å². The lowest BCUT2D eigenvalue weighted by atomic mass is 9.86. The van der Waals surface area contributed by atoms with Crippen molar-refractivity contribution in [2.75, 3.05) is 0 Å². The van der Waals surface area contributed by atoms with E-state index >= 15 is 0 Å². The van der Waals surface area contributed by atoms with Gasteiger partial charge in [0.25, 0.3) is 7.41 Å². The molecule has 0 saturated heterocycles. The van der Waals surface area contributed by atoms with Crippen molar-refractivity contribution in [1.29, 1.82) is 0 Å². The van der Waals surface area contributed by atoms with Crippen LogP contribution >= 0.6 is 0 Å². The summed E-state index contributed by atoms with van der Waals surface area (Å²) >= 11 is 0. The van der Waals surface area contributed by atoms with Crippen molar-refractivity contribution in [3.05, 3.63) is 0 Å². The quantitative estimate of drug-likeness (QED) is 0.489. The van der Waals surface area contributed by atoms with Crippen LogP contribution in [0.5, 0.6) is 0 Å². The first-order valence-corrected chi connectivity index (χ1v) is 4.92. The van der Waals surface area contributed by atoms with E-state index in [0.717, 1.165) is 19.3 Å². The molecule has 0 heterocycles. The Balaban J connectivity index is 2.56. The van der Waals surface area contributed by atoms with Gasteiger partial charge in [-0.05, 0) is 18.3 Å². The zero-order chi connectivity index (χ0) is 10.6. The number of carbonyl (C=O) groups excluding carboxylic acids is 1. The zero-order valence-electron chi connectivity index (χ0n) is 8.27. The average molecular weight is 196 g/mol. The number of carbonyl (C=O) groups is 2. The van der Waals surface area contributed by atoms with E-state index in [1.54, 1.807) is 0 Å². The summed E-state index contributed by atoms with van der Waals surface area (Å²) in [6, 6.07) is -0.613. The van der Waals surface area contributed by atoms with Crippen LogP contribution in [0, 0.1) is 11.8 Å².